The lowest BCUT2D eigenvalue weighted by Gasteiger charge is -2.34. The van der Waals surface area contributed by atoms with E-state index in [0.29, 0.717) is 16.7 Å². The molecule has 2 aromatic carbocycles. The van der Waals surface area contributed by atoms with Crippen LogP contribution in [-0.4, -0.2) is 29.2 Å². The van der Waals surface area contributed by atoms with Crippen LogP contribution in [0.1, 0.15) is 68.7 Å². The van der Waals surface area contributed by atoms with Gasteiger partial charge in [-0.05, 0) is 31.9 Å². The summed E-state index contributed by atoms with van der Waals surface area (Å²) in [6.45, 7) is 1.94. The van der Waals surface area contributed by atoms with Crippen molar-refractivity contribution in [3.05, 3.63) is 70.8 Å². The number of carbonyl (C=O) groups is 3. The summed E-state index contributed by atoms with van der Waals surface area (Å²) in [5.41, 5.74) is 0.451. The van der Waals surface area contributed by atoms with Gasteiger partial charge < -0.3 is 5.32 Å². The van der Waals surface area contributed by atoms with Gasteiger partial charge in [-0.15, -0.1) is 0 Å². The number of hydrogen-bond acceptors (Lipinski definition) is 4. The minimum absolute atomic E-state index is 0.0225. The maximum atomic E-state index is 13.3. The van der Waals surface area contributed by atoms with Crippen LogP contribution in [-0.2, 0) is 0 Å². The molecular formula is C23H24N2O3. The molecule has 1 fully saturated rings. The smallest absolute Gasteiger partial charge is 0.253 e. The Bertz CT molecular complexity index is 892. The number of fused-ring (bicyclic) bond motifs is 1. The summed E-state index contributed by atoms with van der Waals surface area (Å²) in [5, 5.41) is 6.03. The zero-order chi connectivity index (χ0) is 19.7. The van der Waals surface area contributed by atoms with Gasteiger partial charge in [-0.3, -0.25) is 19.7 Å². The molecule has 0 unspecified atom stereocenters. The highest BCUT2D eigenvalue weighted by Crippen LogP contribution is 2.31. The summed E-state index contributed by atoms with van der Waals surface area (Å²) < 4.78 is 0. The van der Waals surface area contributed by atoms with E-state index in [4.69, 9.17) is 0 Å². The van der Waals surface area contributed by atoms with Gasteiger partial charge in [0.25, 0.3) is 5.91 Å². The normalized spacial score (nSPS) is 18.8. The Morgan fingerprint density at radius 2 is 1.46 bits per heavy atom. The van der Waals surface area contributed by atoms with E-state index in [1.54, 1.807) is 36.4 Å². The summed E-state index contributed by atoms with van der Waals surface area (Å²) in [4.78, 5) is 39.6. The molecule has 0 saturated heterocycles. The molecule has 144 valence electrons. The number of Topliss-reactive ketones (excluding diaryl/α,β-unsaturated/α-hetero) is 2. The lowest BCUT2D eigenvalue weighted by atomic mass is 9.92. The predicted molar refractivity (Wildman–Crippen MR) is 106 cm³/mol. The van der Waals surface area contributed by atoms with Gasteiger partial charge in [0.15, 0.2) is 0 Å². The summed E-state index contributed by atoms with van der Waals surface area (Å²) in [6, 6.07) is 13.9. The van der Waals surface area contributed by atoms with Crippen molar-refractivity contribution in [1.82, 2.24) is 10.6 Å². The Hall–Kier alpha value is -2.79. The first kappa shape index (κ1) is 18.6. The van der Waals surface area contributed by atoms with Crippen LogP contribution in [0.2, 0.25) is 0 Å². The van der Waals surface area contributed by atoms with Crippen LogP contribution < -0.4 is 10.6 Å². The average molecular weight is 376 g/mol. The maximum Gasteiger partial charge on any atom is 0.253 e. The second-order valence-corrected chi connectivity index (χ2v) is 7.75. The number of hydrogen-bond donors (Lipinski definition) is 2. The summed E-state index contributed by atoms with van der Waals surface area (Å²) in [7, 11) is 0. The zero-order valence-electron chi connectivity index (χ0n) is 16.0. The number of carbonyl (C=O) groups excluding carboxylic acids is 3. The number of benzene rings is 2. The van der Waals surface area contributed by atoms with Gasteiger partial charge >= 0.3 is 0 Å². The molecule has 0 heterocycles. The van der Waals surface area contributed by atoms with E-state index in [2.05, 4.69) is 10.6 Å². The quantitative estimate of drug-likeness (QED) is 0.633. The van der Waals surface area contributed by atoms with Crippen molar-refractivity contribution in [2.75, 3.05) is 0 Å². The third-order valence-electron chi connectivity index (χ3n) is 5.74. The average Bonchev–Trinajstić information content (AvgIpc) is 2.92. The Morgan fingerprint density at radius 1 is 0.893 bits per heavy atom. The summed E-state index contributed by atoms with van der Waals surface area (Å²) in [6.07, 6.45) is 5.03. The standard InChI is InChI=1S/C23H24N2O3/c1-15-11-13-16(14-12-15)22(28)25-23(24-17-7-3-2-4-8-17)20(26)18-9-5-6-10-19(18)21(23)27/h5-6,9-14,17,24H,2-4,7-8H2,1H3,(H,25,28). The molecule has 1 amide bonds. The highest BCUT2D eigenvalue weighted by molar-refractivity contribution is 6.33. The molecule has 1 saturated carbocycles. The number of rotatable bonds is 4. The monoisotopic (exact) mass is 376 g/mol. The highest BCUT2D eigenvalue weighted by atomic mass is 16.2. The summed E-state index contributed by atoms with van der Waals surface area (Å²) >= 11 is 0. The molecular weight excluding hydrogens is 352 g/mol. The number of amides is 1. The first-order chi connectivity index (χ1) is 13.5. The van der Waals surface area contributed by atoms with Crippen LogP contribution in [0.5, 0.6) is 0 Å². The number of ketones is 2. The molecule has 2 N–H and O–H groups in total. The van der Waals surface area contributed by atoms with Gasteiger partial charge in [0.05, 0.1) is 0 Å². The molecule has 0 radical (unpaired) electrons. The third kappa shape index (κ3) is 3.16. The van der Waals surface area contributed by atoms with Gasteiger partial charge in [-0.2, -0.15) is 0 Å². The van der Waals surface area contributed by atoms with Crippen molar-refractivity contribution in [2.24, 2.45) is 0 Å². The lowest BCUT2D eigenvalue weighted by Crippen LogP contribution is -2.68. The molecule has 5 heteroatoms. The fourth-order valence-corrected chi connectivity index (χ4v) is 4.17. The minimum atomic E-state index is -1.73. The van der Waals surface area contributed by atoms with Crippen molar-refractivity contribution < 1.29 is 14.4 Å². The van der Waals surface area contributed by atoms with E-state index in [9.17, 15) is 14.4 Å². The molecule has 0 bridgehead atoms. The van der Waals surface area contributed by atoms with Crippen LogP contribution in [0, 0.1) is 6.92 Å². The van der Waals surface area contributed by atoms with Crippen molar-refractivity contribution in [3.8, 4) is 0 Å². The van der Waals surface area contributed by atoms with E-state index in [0.717, 1.165) is 37.7 Å². The molecule has 2 aromatic rings. The fourth-order valence-electron chi connectivity index (χ4n) is 4.17. The van der Waals surface area contributed by atoms with Crippen LogP contribution in [0.4, 0.5) is 0 Å². The number of aryl methyl sites for hydroxylation is 1. The predicted octanol–water partition coefficient (Wildman–Crippen LogP) is 3.42. The lowest BCUT2D eigenvalue weighted by molar-refractivity contribution is 0.0626. The molecule has 2 aliphatic rings. The fraction of sp³-hybridized carbons (Fsp3) is 0.348. The van der Waals surface area contributed by atoms with E-state index in [1.807, 2.05) is 19.1 Å². The Balaban J connectivity index is 1.70. The molecule has 28 heavy (non-hydrogen) atoms. The third-order valence-corrected chi connectivity index (χ3v) is 5.74. The second-order valence-electron chi connectivity index (χ2n) is 7.75. The van der Waals surface area contributed by atoms with E-state index in [-0.39, 0.29) is 17.6 Å². The molecule has 0 aliphatic heterocycles. The van der Waals surface area contributed by atoms with E-state index < -0.39 is 11.6 Å². The SMILES string of the molecule is Cc1ccc(C(=O)NC2(NC3CCCCC3)C(=O)c3ccccc3C2=O)cc1. The summed E-state index contributed by atoms with van der Waals surface area (Å²) in [5.74, 6) is -1.18. The second kappa shape index (κ2) is 7.32. The van der Waals surface area contributed by atoms with Gasteiger partial charge in [0.2, 0.25) is 17.2 Å². The Morgan fingerprint density at radius 3 is 2.04 bits per heavy atom. The minimum Gasteiger partial charge on any atom is -0.321 e. The number of nitrogens with one attached hydrogen (secondary N) is 2. The first-order valence-electron chi connectivity index (χ1n) is 9.87. The van der Waals surface area contributed by atoms with Crippen molar-refractivity contribution in [1.29, 1.82) is 0 Å². The zero-order valence-corrected chi connectivity index (χ0v) is 16.0. The van der Waals surface area contributed by atoms with Crippen molar-refractivity contribution >= 4 is 17.5 Å². The van der Waals surface area contributed by atoms with Crippen LogP contribution in [0.25, 0.3) is 0 Å². The van der Waals surface area contributed by atoms with Crippen LogP contribution in [0.15, 0.2) is 48.5 Å². The largest absolute Gasteiger partial charge is 0.321 e. The van der Waals surface area contributed by atoms with E-state index >= 15 is 0 Å². The van der Waals surface area contributed by atoms with Gasteiger partial charge in [-0.1, -0.05) is 61.2 Å². The maximum absolute atomic E-state index is 13.3. The van der Waals surface area contributed by atoms with Crippen LogP contribution >= 0.6 is 0 Å². The van der Waals surface area contributed by atoms with Crippen molar-refractivity contribution in [2.45, 2.75) is 50.7 Å². The molecule has 0 aromatic heterocycles. The van der Waals surface area contributed by atoms with Gasteiger partial charge in [0, 0.05) is 22.7 Å². The highest BCUT2D eigenvalue weighted by Gasteiger charge is 2.55. The van der Waals surface area contributed by atoms with Crippen molar-refractivity contribution in [3.63, 3.8) is 0 Å². The topological polar surface area (TPSA) is 75.3 Å². The molecule has 0 spiro atoms. The van der Waals surface area contributed by atoms with Gasteiger partial charge in [0.1, 0.15) is 0 Å². The first-order valence-corrected chi connectivity index (χ1v) is 9.87. The molecule has 0 atom stereocenters. The molecule has 5 nitrogen and oxygen atoms in total. The van der Waals surface area contributed by atoms with E-state index in [1.165, 1.54) is 0 Å². The van der Waals surface area contributed by atoms with Gasteiger partial charge in [-0.25, -0.2) is 0 Å². The van der Waals surface area contributed by atoms with Crippen LogP contribution in [0.3, 0.4) is 0 Å². The molecule has 4 rings (SSSR count). The molecule has 2 aliphatic carbocycles. The Labute approximate surface area is 164 Å². The Kier molecular flexibility index (Phi) is 4.85.